The van der Waals surface area contributed by atoms with Gasteiger partial charge < -0.3 is 11.1 Å². The van der Waals surface area contributed by atoms with E-state index in [1.165, 1.54) is 0 Å². The predicted octanol–water partition coefficient (Wildman–Crippen LogP) is 3.30. The van der Waals surface area contributed by atoms with E-state index in [2.05, 4.69) is 26.2 Å². The Bertz CT molecular complexity index is 641. The summed E-state index contributed by atoms with van der Waals surface area (Å²) in [5, 5.41) is 2.82. The lowest BCUT2D eigenvalue weighted by molar-refractivity contribution is 0.102. The van der Waals surface area contributed by atoms with E-state index in [1.54, 1.807) is 24.3 Å². The summed E-state index contributed by atoms with van der Waals surface area (Å²) < 4.78 is 0.754. The first-order valence-electron chi connectivity index (χ1n) is 5.78. The van der Waals surface area contributed by atoms with Gasteiger partial charge in [0.25, 0.3) is 5.91 Å². The van der Waals surface area contributed by atoms with Crippen LogP contribution in [0.1, 0.15) is 21.7 Å². The zero-order chi connectivity index (χ0) is 14.0. The van der Waals surface area contributed by atoms with E-state index in [-0.39, 0.29) is 5.91 Å². The number of anilines is 2. The van der Waals surface area contributed by atoms with E-state index in [9.17, 15) is 4.79 Å². The van der Waals surface area contributed by atoms with E-state index in [4.69, 9.17) is 5.73 Å². The zero-order valence-electron chi connectivity index (χ0n) is 10.7. The van der Waals surface area contributed by atoms with Gasteiger partial charge in [-0.3, -0.25) is 9.78 Å². The fraction of sp³-hybridized carbons (Fsp3) is 0.143. The van der Waals surface area contributed by atoms with Crippen molar-refractivity contribution in [1.29, 1.82) is 0 Å². The van der Waals surface area contributed by atoms with Gasteiger partial charge in [-0.2, -0.15) is 0 Å². The van der Waals surface area contributed by atoms with Crippen molar-refractivity contribution in [3.8, 4) is 0 Å². The monoisotopic (exact) mass is 319 g/mol. The van der Waals surface area contributed by atoms with Gasteiger partial charge in [0.15, 0.2) is 0 Å². The number of halogens is 1. The van der Waals surface area contributed by atoms with Gasteiger partial charge in [-0.15, -0.1) is 0 Å². The number of carbonyl (C=O) groups excluding carboxylic acids is 1. The Balaban J connectivity index is 2.23. The van der Waals surface area contributed by atoms with Crippen molar-refractivity contribution < 1.29 is 4.79 Å². The third-order valence-corrected chi connectivity index (χ3v) is 3.41. The maximum Gasteiger partial charge on any atom is 0.257 e. The first-order valence-corrected chi connectivity index (χ1v) is 6.57. The Morgan fingerprint density at radius 3 is 2.63 bits per heavy atom. The fourth-order valence-corrected chi connectivity index (χ4v) is 2.11. The van der Waals surface area contributed by atoms with Crippen molar-refractivity contribution in [2.24, 2.45) is 0 Å². The molecule has 1 aromatic heterocycles. The molecule has 2 aromatic rings. The number of amides is 1. The second-order valence-corrected chi connectivity index (χ2v) is 5.13. The van der Waals surface area contributed by atoms with E-state index >= 15 is 0 Å². The minimum atomic E-state index is -0.179. The summed E-state index contributed by atoms with van der Waals surface area (Å²) in [5.74, 6) is -0.179. The standard InChI is InChI=1S/C14H14BrN3O/c1-8-3-5-11(9(2)17-8)14(19)18-10-4-6-13(16)12(15)7-10/h3-7H,16H2,1-2H3,(H,18,19). The molecule has 1 heterocycles. The molecule has 0 aliphatic rings. The maximum absolute atomic E-state index is 12.1. The summed E-state index contributed by atoms with van der Waals surface area (Å²) in [6, 6.07) is 8.86. The van der Waals surface area contributed by atoms with Gasteiger partial charge in [0, 0.05) is 21.5 Å². The van der Waals surface area contributed by atoms with Crippen LogP contribution in [0, 0.1) is 13.8 Å². The molecule has 0 unspecified atom stereocenters. The second-order valence-electron chi connectivity index (χ2n) is 4.28. The zero-order valence-corrected chi connectivity index (χ0v) is 12.3. The molecule has 0 atom stereocenters. The number of nitrogens with zero attached hydrogens (tertiary/aromatic N) is 1. The topological polar surface area (TPSA) is 68.0 Å². The number of hydrogen-bond donors (Lipinski definition) is 2. The van der Waals surface area contributed by atoms with Crippen LogP contribution in [0.25, 0.3) is 0 Å². The summed E-state index contributed by atoms with van der Waals surface area (Å²) in [6.07, 6.45) is 0. The average molecular weight is 320 g/mol. The fourth-order valence-electron chi connectivity index (χ4n) is 1.73. The number of pyridine rings is 1. The molecule has 0 saturated heterocycles. The number of nitrogen functional groups attached to an aromatic ring is 1. The van der Waals surface area contributed by atoms with Crippen LogP contribution in [0.3, 0.4) is 0 Å². The molecule has 0 saturated carbocycles. The molecule has 1 aromatic carbocycles. The number of rotatable bonds is 2. The molecule has 0 spiro atoms. The third-order valence-electron chi connectivity index (χ3n) is 2.73. The van der Waals surface area contributed by atoms with Gasteiger partial charge in [-0.05, 0) is 60.1 Å². The van der Waals surface area contributed by atoms with Gasteiger partial charge in [-0.25, -0.2) is 0 Å². The Kier molecular flexibility index (Phi) is 3.85. The van der Waals surface area contributed by atoms with Gasteiger partial charge in [0.1, 0.15) is 0 Å². The molecule has 0 aliphatic heterocycles. The molecule has 0 fully saturated rings. The SMILES string of the molecule is Cc1ccc(C(=O)Nc2ccc(N)c(Br)c2)c(C)n1. The van der Waals surface area contributed by atoms with Crippen LogP contribution in [-0.2, 0) is 0 Å². The van der Waals surface area contributed by atoms with Gasteiger partial charge in [0.2, 0.25) is 0 Å². The van der Waals surface area contributed by atoms with Crippen molar-refractivity contribution >= 4 is 33.2 Å². The molecular weight excluding hydrogens is 306 g/mol. The van der Waals surface area contributed by atoms with E-state index in [0.29, 0.717) is 22.6 Å². The molecule has 5 heteroatoms. The Morgan fingerprint density at radius 2 is 2.00 bits per heavy atom. The van der Waals surface area contributed by atoms with E-state index < -0.39 is 0 Å². The summed E-state index contributed by atoms with van der Waals surface area (Å²) in [4.78, 5) is 16.4. The Hall–Kier alpha value is -1.88. The molecule has 0 radical (unpaired) electrons. The highest BCUT2D eigenvalue weighted by molar-refractivity contribution is 9.10. The van der Waals surface area contributed by atoms with Gasteiger partial charge >= 0.3 is 0 Å². The molecule has 2 rings (SSSR count). The molecule has 4 nitrogen and oxygen atoms in total. The lowest BCUT2D eigenvalue weighted by atomic mass is 10.1. The highest BCUT2D eigenvalue weighted by atomic mass is 79.9. The van der Waals surface area contributed by atoms with Crippen molar-refractivity contribution in [3.63, 3.8) is 0 Å². The van der Waals surface area contributed by atoms with Crippen LogP contribution in [0.4, 0.5) is 11.4 Å². The molecule has 3 N–H and O–H groups in total. The second kappa shape index (κ2) is 5.40. The molecule has 19 heavy (non-hydrogen) atoms. The highest BCUT2D eigenvalue weighted by Crippen LogP contribution is 2.23. The van der Waals surface area contributed by atoms with Crippen LogP contribution >= 0.6 is 15.9 Å². The first-order chi connectivity index (χ1) is 8.97. The summed E-state index contributed by atoms with van der Waals surface area (Å²) in [7, 11) is 0. The summed E-state index contributed by atoms with van der Waals surface area (Å²) in [6.45, 7) is 3.71. The number of carbonyl (C=O) groups is 1. The van der Waals surface area contributed by atoms with Crippen LogP contribution in [0.5, 0.6) is 0 Å². The van der Waals surface area contributed by atoms with Crippen LogP contribution < -0.4 is 11.1 Å². The number of aryl methyl sites for hydroxylation is 2. The molecule has 98 valence electrons. The summed E-state index contributed by atoms with van der Waals surface area (Å²) >= 11 is 3.33. The lowest BCUT2D eigenvalue weighted by Crippen LogP contribution is -2.14. The average Bonchev–Trinajstić information content (AvgIpc) is 2.33. The lowest BCUT2D eigenvalue weighted by Gasteiger charge is -2.09. The van der Waals surface area contributed by atoms with Crippen molar-refractivity contribution in [2.75, 3.05) is 11.1 Å². The third kappa shape index (κ3) is 3.12. The van der Waals surface area contributed by atoms with Gasteiger partial charge in [-0.1, -0.05) is 0 Å². The number of nitrogens with one attached hydrogen (secondary N) is 1. The van der Waals surface area contributed by atoms with Crippen LogP contribution in [-0.4, -0.2) is 10.9 Å². The number of hydrogen-bond acceptors (Lipinski definition) is 3. The minimum Gasteiger partial charge on any atom is -0.398 e. The van der Waals surface area contributed by atoms with Crippen molar-refractivity contribution in [3.05, 3.63) is 51.8 Å². The van der Waals surface area contributed by atoms with Crippen molar-refractivity contribution in [1.82, 2.24) is 4.98 Å². The minimum absolute atomic E-state index is 0.179. The number of nitrogens with two attached hydrogens (primary N) is 1. The predicted molar refractivity (Wildman–Crippen MR) is 80.2 cm³/mol. The largest absolute Gasteiger partial charge is 0.398 e. The van der Waals surface area contributed by atoms with E-state index in [0.717, 1.165) is 10.2 Å². The molecule has 1 amide bonds. The van der Waals surface area contributed by atoms with Crippen LogP contribution in [0.15, 0.2) is 34.8 Å². The Labute approximate surface area is 120 Å². The smallest absolute Gasteiger partial charge is 0.257 e. The van der Waals surface area contributed by atoms with Crippen molar-refractivity contribution in [2.45, 2.75) is 13.8 Å². The van der Waals surface area contributed by atoms with E-state index in [1.807, 2.05) is 19.9 Å². The molecule has 0 aliphatic carbocycles. The number of benzene rings is 1. The first kappa shape index (κ1) is 13.5. The van der Waals surface area contributed by atoms with Crippen LogP contribution in [0.2, 0.25) is 0 Å². The summed E-state index contributed by atoms with van der Waals surface area (Å²) in [5.41, 5.74) is 9.19. The maximum atomic E-state index is 12.1. The molecular formula is C14H14BrN3O. The quantitative estimate of drug-likeness (QED) is 0.834. The van der Waals surface area contributed by atoms with Gasteiger partial charge in [0.05, 0.1) is 11.3 Å². The highest BCUT2D eigenvalue weighted by Gasteiger charge is 2.10. The normalized spacial score (nSPS) is 10.3. The molecule has 0 bridgehead atoms. The number of aromatic nitrogens is 1. The Morgan fingerprint density at radius 1 is 1.26 bits per heavy atom.